The number of methoxy groups -OCH3 is 1. The van der Waals surface area contributed by atoms with Crippen molar-refractivity contribution in [3.05, 3.63) is 76.8 Å². The first-order valence-corrected chi connectivity index (χ1v) is 11.8. The zero-order valence-corrected chi connectivity index (χ0v) is 20.6. The molecule has 2 heterocycles. The van der Waals surface area contributed by atoms with Gasteiger partial charge >= 0.3 is 0 Å². The summed E-state index contributed by atoms with van der Waals surface area (Å²) in [5, 5.41) is 21.6. The monoisotopic (exact) mass is 511 g/mol. The number of carbonyl (C=O) groups excluding carboxylic acids is 2. The van der Waals surface area contributed by atoms with Crippen LogP contribution in [0, 0.1) is 0 Å². The first-order valence-electron chi connectivity index (χ1n) is 11.4. The number of phenols is 1. The van der Waals surface area contributed by atoms with Crippen LogP contribution >= 0.6 is 11.6 Å². The lowest BCUT2D eigenvalue weighted by Gasteiger charge is -2.26. The highest BCUT2D eigenvalue weighted by Crippen LogP contribution is 2.42. The van der Waals surface area contributed by atoms with E-state index in [9.17, 15) is 19.8 Å². The van der Waals surface area contributed by atoms with E-state index in [0.717, 1.165) is 0 Å². The topological polar surface area (TPSA) is 114 Å². The van der Waals surface area contributed by atoms with Gasteiger partial charge in [0.1, 0.15) is 11.5 Å². The Morgan fingerprint density at radius 3 is 2.61 bits per heavy atom. The maximum atomic E-state index is 13.2. The Labute approximate surface area is 213 Å². The summed E-state index contributed by atoms with van der Waals surface area (Å²) < 4.78 is 12.6. The number of imidazole rings is 1. The Kier molecular flexibility index (Phi) is 7.49. The fraction of sp³-hybridized carbons (Fsp3) is 0.269. The van der Waals surface area contributed by atoms with Crippen LogP contribution in [-0.2, 0) is 16.1 Å². The number of phenolic OH excluding ortho intramolecular Hbond substituents is 1. The number of rotatable bonds is 9. The van der Waals surface area contributed by atoms with E-state index in [2.05, 4.69) is 4.98 Å². The molecule has 0 saturated carbocycles. The van der Waals surface area contributed by atoms with Crippen LogP contribution in [0.1, 0.15) is 30.5 Å². The van der Waals surface area contributed by atoms with Gasteiger partial charge in [-0.1, -0.05) is 17.7 Å². The summed E-state index contributed by atoms with van der Waals surface area (Å²) in [5.74, 6) is -1.35. The highest BCUT2D eigenvalue weighted by atomic mass is 35.5. The van der Waals surface area contributed by atoms with Crippen LogP contribution in [0.2, 0.25) is 5.02 Å². The quantitative estimate of drug-likeness (QED) is 0.252. The van der Waals surface area contributed by atoms with Crippen molar-refractivity contribution in [2.45, 2.75) is 25.9 Å². The number of amides is 1. The second-order valence-corrected chi connectivity index (χ2v) is 8.56. The molecular weight excluding hydrogens is 486 g/mol. The first kappa shape index (κ1) is 25.1. The maximum Gasteiger partial charge on any atom is 0.295 e. The van der Waals surface area contributed by atoms with Crippen LogP contribution in [0.15, 0.2) is 60.7 Å². The van der Waals surface area contributed by atoms with Crippen molar-refractivity contribution in [2.24, 2.45) is 0 Å². The van der Waals surface area contributed by atoms with Gasteiger partial charge in [0, 0.05) is 31.0 Å². The van der Waals surface area contributed by atoms with E-state index in [1.54, 1.807) is 36.8 Å². The van der Waals surface area contributed by atoms with E-state index in [1.165, 1.54) is 24.1 Å². The molecule has 9 nitrogen and oxygen atoms in total. The van der Waals surface area contributed by atoms with E-state index in [0.29, 0.717) is 30.9 Å². The number of carbonyl (C=O) groups is 2. The maximum absolute atomic E-state index is 13.2. The number of aliphatic hydroxyl groups is 1. The summed E-state index contributed by atoms with van der Waals surface area (Å²) in [4.78, 5) is 31.8. The number of aryl methyl sites for hydroxylation is 1. The largest absolute Gasteiger partial charge is 0.507 e. The summed E-state index contributed by atoms with van der Waals surface area (Å²) in [5.41, 5.74) is 0.705. The van der Waals surface area contributed by atoms with E-state index in [-0.39, 0.29) is 40.0 Å². The molecule has 188 valence electrons. The molecule has 2 aromatic carbocycles. The molecule has 0 spiro atoms. The van der Waals surface area contributed by atoms with E-state index in [1.807, 2.05) is 17.7 Å². The lowest BCUT2D eigenvalue weighted by atomic mass is 9.95. The number of ether oxygens (including phenoxy) is 2. The number of likely N-dealkylation sites (tertiary alicyclic amines) is 1. The number of aromatic hydroxyl groups is 1. The normalized spacial score (nSPS) is 17.0. The molecule has 1 aliphatic heterocycles. The number of ketones is 1. The number of halogens is 1. The zero-order chi connectivity index (χ0) is 25.8. The van der Waals surface area contributed by atoms with Crippen LogP contribution in [0.5, 0.6) is 17.2 Å². The number of hydrogen-bond donors (Lipinski definition) is 2. The van der Waals surface area contributed by atoms with Gasteiger partial charge in [-0.2, -0.15) is 0 Å². The average molecular weight is 512 g/mol. The molecule has 1 aromatic heterocycles. The predicted molar refractivity (Wildman–Crippen MR) is 133 cm³/mol. The molecule has 2 N–H and O–H groups in total. The standard InChI is InChI=1S/C26H26ClN3O6/c1-3-36-20-8-6-17(13-18(20)27)24(32)22-23(16-5-7-19(31)21(14-16)35-2)30(26(34)25(22)33)11-4-10-29-12-9-28-15-29/h5-9,12-15,23,31-32H,3-4,10-11H2,1-2H3/b24-22-. The molecule has 3 aromatic rings. The summed E-state index contributed by atoms with van der Waals surface area (Å²) in [6, 6.07) is 8.33. The molecule has 1 atom stereocenters. The van der Waals surface area contributed by atoms with Crippen molar-refractivity contribution in [3.63, 3.8) is 0 Å². The third kappa shape index (κ3) is 4.87. The highest BCUT2D eigenvalue weighted by molar-refractivity contribution is 6.46. The van der Waals surface area contributed by atoms with Crippen molar-refractivity contribution in [3.8, 4) is 17.2 Å². The van der Waals surface area contributed by atoms with Gasteiger partial charge in [-0.3, -0.25) is 9.59 Å². The fourth-order valence-corrected chi connectivity index (χ4v) is 4.48. The SMILES string of the molecule is CCOc1ccc(/C(O)=C2/C(=O)C(=O)N(CCCn3ccnc3)C2c2ccc(O)c(OC)c2)cc1Cl. The molecule has 0 aliphatic carbocycles. The summed E-state index contributed by atoms with van der Waals surface area (Å²) >= 11 is 6.31. The predicted octanol–water partition coefficient (Wildman–Crippen LogP) is 4.16. The number of hydrogen-bond acceptors (Lipinski definition) is 7. The van der Waals surface area contributed by atoms with Crippen LogP contribution < -0.4 is 9.47 Å². The van der Waals surface area contributed by atoms with Gasteiger partial charge in [0.15, 0.2) is 11.5 Å². The van der Waals surface area contributed by atoms with Crippen molar-refractivity contribution >= 4 is 29.1 Å². The minimum absolute atomic E-state index is 0.0735. The first-order chi connectivity index (χ1) is 17.3. The molecule has 0 bridgehead atoms. The molecular formula is C26H26ClN3O6. The molecule has 1 unspecified atom stereocenters. The smallest absolute Gasteiger partial charge is 0.295 e. The Balaban J connectivity index is 1.77. The lowest BCUT2D eigenvalue weighted by Crippen LogP contribution is -2.31. The van der Waals surface area contributed by atoms with Gasteiger partial charge in [-0.15, -0.1) is 0 Å². The van der Waals surface area contributed by atoms with Crippen molar-refractivity contribution in [1.82, 2.24) is 14.5 Å². The highest BCUT2D eigenvalue weighted by Gasteiger charge is 2.46. The Hall–Kier alpha value is -3.98. The minimum atomic E-state index is -0.896. The Bertz CT molecular complexity index is 1310. The molecule has 10 heteroatoms. The minimum Gasteiger partial charge on any atom is -0.507 e. The number of benzene rings is 2. The fourth-order valence-electron chi connectivity index (χ4n) is 4.24. The summed E-state index contributed by atoms with van der Waals surface area (Å²) in [7, 11) is 1.41. The zero-order valence-electron chi connectivity index (χ0n) is 19.8. The van der Waals surface area contributed by atoms with Crippen LogP contribution in [0.25, 0.3) is 5.76 Å². The van der Waals surface area contributed by atoms with Gasteiger partial charge in [-0.25, -0.2) is 4.98 Å². The van der Waals surface area contributed by atoms with E-state index >= 15 is 0 Å². The van der Waals surface area contributed by atoms with Gasteiger partial charge in [-0.05, 0) is 49.2 Å². The van der Waals surface area contributed by atoms with Crippen molar-refractivity contribution < 1.29 is 29.3 Å². The summed E-state index contributed by atoms with van der Waals surface area (Å²) in [6.45, 7) is 3.07. The van der Waals surface area contributed by atoms with Crippen molar-refractivity contribution in [2.75, 3.05) is 20.3 Å². The van der Waals surface area contributed by atoms with Gasteiger partial charge in [0.05, 0.1) is 36.7 Å². The Morgan fingerprint density at radius 2 is 1.94 bits per heavy atom. The lowest BCUT2D eigenvalue weighted by molar-refractivity contribution is -0.139. The molecule has 1 fully saturated rings. The molecule has 4 rings (SSSR count). The second-order valence-electron chi connectivity index (χ2n) is 8.16. The number of aromatic nitrogens is 2. The van der Waals surface area contributed by atoms with Gasteiger partial charge in [0.25, 0.3) is 11.7 Å². The molecule has 0 radical (unpaired) electrons. The summed E-state index contributed by atoms with van der Waals surface area (Å²) in [6.07, 6.45) is 5.69. The van der Waals surface area contributed by atoms with E-state index < -0.39 is 17.7 Å². The third-order valence-electron chi connectivity index (χ3n) is 5.94. The second kappa shape index (κ2) is 10.7. The van der Waals surface area contributed by atoms with Gasteiger partial charge in [0.2, 0.25) is 0 Å². The number of aliphatic hydroxyl groups excluding tert-OH is 1. The third-order valence-corrected chi connectivity index (χ3v) is 6.23. The molecule has 1 aliphatic rings. The Morgan fingerprint density at radius 1 is 1.14 bits per heavy atom. The van der Waals surface area contributed by atoms with Crippen LogP contribution in [-0.4, -0.2) is 56.6 Å². The van der Waals surface area contributed by atoms with Crippen LogP contribution in [0.3, 0.4) is 0 Å². The molecule has 1 amide bonds. The molecule has 1 saturated heterocycles. The van der Waals surface area contributed by atoms with E-state index in [4.69, 9.17) is 21.1 Å². The van der Waals surface area contributed by atoms with Crippen molar-refractivity contribution in [1.29, 1.82) is 0 Å². The van der Waals surface area contributed by atoms with Crippen LogP contribution in [0.4, 0.5) is 0 Å². The van der Waals surface area contributed by atoms with Gasteiger partial charge < -0.3 is 29.2 Å². The number of Topliss-reactive ketones (excluding diaryl/α,β-unsaturated/α-hetero) is 1. The molecule has 36 heavy (non-hydrogen) atoms. The average Bonchev–Trinajstić information content (AvgIpc) is 3.47. The number of nitrogens with zero attached hydrogens (tertiary/aromatic N) is 3.